The van der Waals surface area contributed by atoms with E-state index in [-0.39, 0.29) is 35.9 Å². The molecule has 6 heteroatoms. The normalized spacial score (nSPS) is 38.6. The van der Waals surface area contributed by atoms with Crippen molar-refractivity contribution in [3.05, 3.63) is 28.5 Å². The Bertz CT molecular complexity index is 904. The zero-order valence-electron chi connectivity index (χ0n) is 20.5. The summed E-state index contributed by atoms with van der Waals surface area (Å²) in [6, 6.07) is 3.97. The Kier molecular flexibility index (Phi) is 6.65. The quantitative estimate of drug-likeness (QED) is 0.496. The highest BCUT2D eigenvalue weighted by atomic mass is 35.5. The minimum absolute atomic E-state index is 0.0623. The molecule has 184 valence electrons. The van der Waals surface area contributed by atoms with Crippen LogP contribution < -0.4 is 0 Å². The number of halogens is 1. The molecular formula is C27H40ClNO4. The summed E-state index contributed by atoms with van der Waals surface area (Å²) in [5.41, 5.74) is 1.49. The first-order valence-electron chi connectivity index (χ1n) is 12.6. The second-order valence-electron chi connectivity index (χ2n) is 12.3. The Morgan fingerprint density at radius 2 is 1.88 bits per heavy atom. The van der Waals surface area contributed by atoms with Gasteiger partial charge in [0, 0.05) is 18.6 Å². The number of aliphatic hydroxyl groups excluding tert-OH is 2. The van der Waals surface area contributed by atoms with Gasteiger partial charge >= 0.3 is 5.97 Å². The molecule has 0 spiro atoms. The Morgan fingerprint density at radius 1 is 1.15 bits per heavy atom. The molecule has 0 aromatic carbocycles. The number of nitrogens with zero attached hydrogens (tertiary/aromatic N) is 1. The van der Waals surface area contributed by atoms with Crippen molar-refractivity contribution in [2.45, 2.75) is 78.1 Å². The number of carboxylic acid groups (broad SMARTS) is 1. The standard InChI is InChI=1S/C27H40ClNO4/c1-25(2,24(32)33)13-16-7-9-26(3,18(11-16)14-30)20-8-10-27(4)21(19(20)15-31)12-17-5-6-22(28)29-23(17)27/h5-6,16,18-21,30-31H,7-15H2,1-4H3,(H,32,33)/t16-,18+,19+,20-,21-,26-,27-/m0/s1. The first kappa shape index (κ1) is 24.9. The van der Waals surface area contributed by atoms with Gasteiger partial charge in [-0.15, -0.1) is 0 Å². The van der Waals surface area contributed by atoms with Gasteiger partial charge in [0.2, 0.25) is 0 Å². The van der Waals surface area contributed by atoms with E-state index in [0.29, 0.717) is 29.3 Å². The van der Waals surface area contributed by atoms with Gasteiger partial charge in [0.25, 0.3) is 0 Å². The fraction of sp³-hybridized carbons (Fsp3) is 0.778. The van der Waals surface area contributed by atoms with E-state index >= 15 is 0 Å². The minimum Gasteiger partial charge on any atom is -0.481 e. The molecule has 1 heterocycles. The summed E-state index contributed by atoms with van der Waals surface area (Å²) < 4.78 is 0. The maximum atomic E-state index is 11.7. The van der Waals surface area contributed by atoms with Crippen LogP contribution in [0.1, 0.15) is 77.5 Å². The Hall–Kier alpha value is -1.17. The number of carbonyl (C=O) groups is 1. The second-order valence-corrected chi connectivity index (χ2v) is 12.7. The summed E-state index contributed by atoms with van der Waals surface area (Å²) in [6.07, 6.45) is 6.40. The molecule has 4 rings (SSSR count). The van der Waals surface area contributed by atoms with Crippen molar-refractivity contribution in [2.24, 2.45) is 40.4 Å². The molecule has 2 saturated carbocycles. The lowest BCUT2D eigenvalue weighted by Crippen LogP contribution is -2.53. The number of hydrogen-bond donors (Lipinski definition) is 3. The van der Waals surface area contributed by atoms with E-state index < -0.39 is 11.4 Å². The van der Waals surface area contributed by atoms with Crippen molar-refractivity contribution in [3.8, 4) is 0 Å². The predicted molar refractivity (Wildman–Crippen MR) is 129 cm³/mol. The Labute approximate surface area is 203 Å². The fourth-order valence-electron chi connectivity index (χ4n) is 7.99. The largest absolute Gasteiger partial charge is 0.481 e. The van der Waals surface area contributed by atoms with Gasteiger partial charge in [0.1, 0.15) is 5.15 Å². The van der Waals surface area contributed by atoms with Crippen LogP contribution in [-0.2, 0) is 16.6 Å². The summed E-state index contributed by atoms with van der Waals surface area (Å²) >= 11 is 6.25. The van der Waals surface area contributed by atoms with Crippen molar-refractivity contribution >= 4 is 17.6 Å². The van der Waals surface area contributed by atoms with Crippen molar-refractivity contribution in [2.75, 3.05) is 13.2 Å². The average molecular weight is 478 g/mol. The summed E-state index contributed by atoms with van der Waals surface area (Å²) in [4.78, 5) is 16.4. The monoisotopic (exact) mass is 477 g/mol. The number of fused-ring (bicyclic) bond motifs is 3. The molecule has 2 fully saturated rings. The molecule has 33 heavy (non-hydrogen) atoms. The molecule has 0 aliphatic heterocycles. The summed E-state index contributed by atoms with van der Waals surface area (Å²) in [6.45, 7) is 8.49. The van der Waals surface area contributed by atoms with Crippen LogP contribution in [0.25, 0.3) is 0 Å². The van der Waals surface area contributed by atoms with E-state index in [1.807, 2.05) is 6.07 Å². The van der Waals surface area contributed by atoms with Gasteiger partial charge in [-0.2, -0.15) is 0 Å². The Morgan fingerprint density at radius 3 is 2.52 bits per heavy atom. The minimum atomic E-state index is -0.752. The SMILES string of the molecule is CC(C)(C[C@H]1CC[C@](C)([C@H]2CC[C@]3(C)c4nc(Cl)ccc4C[C@H]3[C@@H]2CO)[C@@H](CO)C1)C(=O)O. The molecule has 0 amide bonds. The van der Waals surface area contributed by atoms with E-state index in [9.17, 15) is 20.1 Å². The van der Waals surface area contributed by atoms with Gasteiger partial charge in [-0.1, -0.05) is 31.5 Å². The Balaban J connectivity index is 1.57. The second kappa shape index (κ2) is 8.80. The van der Waals surface area contributed by atoms with Crippen LogP contribution in [0.5, 0.6) is 0 Å². The van der Waals surface area contributed by atoms with Crippen LogP contribution in [0.4, 0.5) is 0 Å². The van der Waals surface area contributed by atoms with Crippen LogP contribution in [0.3, 0.4) is 0 Å². The van der Waals surface area contributed by atoms with Gasteiger partial charge in [-0.05, 0) is 105 Å². The lowest BCUT2D eigenvalue weighted by atomic mass is 9.48. The van der Waals surface area contributed by atoms with Gasteiger partial charge in [-0.25, -0.2) is 4.98 Å². The molecule has 3 aliphatic carbocycles. The maximum Gasteiger partial charge on any atom is 0.309 e. The molecular weight excluding hydrogens is 438 g/mol. The molecule has 0 unspecified atom stereocenters. The number of aromatic nitrogens is 1. The van der Waals surface area contributed by atoms with Crippen molar-refractivity contribution < 1.29 is 20.1 Å². The van der Waals surface area contributed by atoms with Gasteiger partial charge in [0.15, 0.2) is 0 Å². The first-order chi connectivity index (χ1) is 15.5. The third-order valence-corrected chi connectivity index (χ3v) is 10.3. The van der Waals surface area contributed by atoms with Crippen LogP contribution in [0, 0.1) is 40.4 Å². The number of rotatable bonds is 6. The molecule has 1 aromatic heterocycles. The number of pyridine rings is 1. The van der Waals surface area contributed by atoms with Crippen LogP contribution in [0.15, 0.2) is 12.1 Å². The molecule has 0 radical (unpaired) electrons. The molecule has 1 aromatic rings. The summed E-state index contributed by atoms with van der Waals surface area (Å²) in [5.74, 6) is 0.490. The fourth-order valence-corrected chi connectivity index (χ4v) is 8.13. The molecule has 3 aliphatic rings. The van der Waals surface area contributed by atoms with E-state index in [1.54, 1.807) is 13.8 Å². The average Bonchev–Trinajstić information content (AvgIpc) is 3.06. The van der Waals surface area contributed by atoms with Crippen molar-refractivity contribution in [1.82, 2.24) is 4.98 Å². The molecule has 0 bridgehead atoms. The lowest BCUT2D eigenvalue weighted by molar-refractivity contribution is -0.148. The smallest absolute Gasteiger partial charge is 0.309 e. The van der Waals surface area contributed by atoms with E-state index in [1.165, 1.54) is 5.56 Å². The topological polar surface area (TPSA) is 90.7 Å². The van der Waals surface area contributed by atoms with Crippen molar-refractivity contribution in [3.63, 3.8) is 0 Å². The zero-order chi connectivity index (χ0) is 24.2. The predicted octanol–water partition coefficient (Wildman–Crippen LogP) is 5.10. The summed E-state index contributed by atoms with van der Waals surface area (Å²) in [5, 5.41) is 31.2. The molecule has 5 nitrogen and oxygen atoms in total. The third-order valence-electron chi connectivity index (χ3n) is 10.1. The van der Waals surface area contributed by atoms with Gasteiger partial charge in [0.05, 0.1) is 11.1 Å². The van der Waals surface area contributed by atoms with Gasteiger partial charge < -0.3 is 15.3 Å². The third kappa shape index (κ3) is 4.12. The van der Waals surface area contributed by atoms with Crippen LogP contribution >= 0.6 is 11.6 Å². The maximum absolute atomic E-state index is 11.7. The molecule has 7 atom stereocenters. The molecule has 3 N–H and O–H groups in total. The highest BCUT2D eigenvalue weighted by Gasteiger charge is 2.57. The molecule has 0 saturated heterocycles. The van der Waals surface area contributed by atoms with E-state index in [2.05, 4.69) is 19.9 Å². The van der Waals surface area contributed by atoms with Crippen LogP contribution in [-0.4, -0.2) is 39.5 Å². The lowest BCUT2D eigenvalue weighted by Gasteiger charge is -2.56. The number of hydrogen-bond acceptors (Lipinski definition) is 4. The highest BCUT2D eigenvalue weighted by molar-refractivity contribution is 6.29. The van der Waals surface area contributed by atoms with Crippen molar-refractivity contribution in [1.29, 1.82) is 0 Å². The summed E-state index contributed by atoms with van der Waals surface area (Å²) in [7, 11) is 0. The zero-order valence-corrected chi connectivity index (χ0v) is 21.2. The number of carboxylic acids is 1. The van der Waals surface area contributed by atoms with E-state index in [0.717, 1.165) is 44.2 Å². The first-order valence-corrected chi connectivity index (χ1v) is 12.9. The number of aliphatic hydroxyl groups is 2. The van der Waals surface area contributed by atoms with E-state index in [4.69, 9.17) is 16.6 Å². The highest BCUT2D eigenvalue weighted by Crippen LogP contribution is 2.62. The van der Waals surface area contributed by atoms with Crippen LogP contribution in [0.2, 0.25) is 5.15 Å². The van der Waals surface area contributed by atoms with Gasteiger partial charge in [-0.3, -0.25) is 4.79 Å². The number of aliphatic carboxylic acids is 1.